The molecule has 0 fully saturated rings. The van der Waals surface area contributed by atoms with Crippen LogP contribution in [0.5, 0.6) is 0 Å². The fourth-order valence-electron chi connectivity index (χ4n) is 3.64. The van der Waals surface area contributed by atoms with Gasteiger partial charge in [0.1, 0.15) is 6.04 Å². The minimum Gasteiger partial charge on any atom is -0.350 e. The molecule has 3 aromatic rings. The summed E-state index contributed by atoms with van der Waals surface area (Å²) in [5.41, 5.74) is 2.58. The number of benzene rings is 3. The summed E-state index contributed by atoms with van der Waals surface area (Å²) in [6.45, 7) is 0.0441. The van der Waals surface area contributed by atoms with Gasteiger partial charge in [-0.2, -0.15) is 4.31 Å². The number of hydrogen-bond acceptors (Lipinski definition) is 4. The Labute approximate surface area is 217 Å². The van der Waals surface area contributed by atoms with Crippen molar-refractivity contribution in [3.05, 3.63) is 107 Å². The van der Waals surface area contributed by atoms with E-state index < -0.39 is 22.0 Å². The van der Waals surface area contributed by atoms with E-state index in [2.05, 4.69) is 5.32 Å². The summed E-state index contributed by atoms with van der Waals surface area (Å²) in [6.07, 6.45) is 1.32. The Kier molecular flexibility index (Phi) is 9.64. The van der Waals surface area contributed by atoms with Crippen molar-refractivity contribution in [3.63, 3.8) is 0 Å². The number of rotatable bonds is 11. The fourth-order valence-corrected chi connectivity index (χ4v) is 4.11. The van der Waals surface area contributed by atoms with Crippen molar-refractivity contribution >= 4 is 33.4 Å². The third-order valence-corrected chi connectivity index (χ3v) is 7.28. The Morgan fingerprint density at radius 3 is 1.97 bits per heavy atom. The summed E-state index contributed by atoms with van der Waals surface area (Å²) in [4.78, 5) is 28.5. The molecule has 190 valence electrons. The standard InChI is InChI=1S/C27H30ClN3O4S/c1-30(36(2,34)35)20-26(32)31(19-23-11-7-4-8-12-23)25(17-21-9-5-3-6-10-21)27(33)29-18-22-13-15-24(28)16-14-22/h3-16,25H,17-20H2,1-2H3,(H,29,33). The highest BCUT2D eigenvalue weighted by Gasteiger charge is 2.31. The van der Waals surface area contributed by atoms with Gasteiger partial charge in [-0.05, 0) is 28.8 Å². The molecule has 0 aliphatic heterocycles. The first kappa shape index (κ1) is 27.4. The Hall–Kier alpha value is -3.20. The number of amides is 2. The van der Waals surface area contributed by atoms with E-state index in [0.29, 0.717) is 5.02 Å². The third kappa shape index (κ3) is 8.19. The lowest BCUT2D eigenvalue weighted by molar-refractivity contribution is -0.141. The summed E-state index contributed by atoms with van der Waals surface area (Å²) in [6, 6.07) is 25.0. The van der Waals surface area contributed by atoms with Crippen LogP contribution in [0, 0.1) is 0 Å². The zero-order valence-electron chi connectivity index (χ0n) is 20.3. The fraction of sp³-hybridized carbons (Fsp3) is 0.259. The number of nitrogens with zero attached hydrogens (tertiary/aromatic N) is 2. The van der Waals surface area contributed by atoms with Gasteiger partial charge in [-0.25, -0.2) is 8.42 Å². The molecule has 0 spiro atoms. The van der Waals surface area contributed by atoms with Crippen molar-refractivity contribution in [1.29, 1.82) is 0 Å². The van der Waals surface area contributed by atoms with Crippen molar-refractivity contribution in [2.45, 2.75) is 25.6 Å². The highest BCUT2D eigenvalue weighted by Crippen LogP contribution is 2.16. The first-order chi connectivity index (χ1) is 17.1. The molecule has 0 bridgehead atoms. The van der Waals surface area contributed by atoms with E-state index in [4.69, 9.17) is 11.6 Å². The second kappa shape index (κ2) is 12.7. The number of nitrogens with one attached hydrogen (secondary N) is 1. The van der Waals surface area contributed by atoms with E-state index in [-0.39, 0.29) is 32.0 Å². The molecule has 1 N–H and O–H groups in total. The van der Waals surface area contributed by atoms with Crippen LogP contribution in [0.4, 0.5) is 0 Å². The van der Waals surface area contributed by atoms with Crippen LogP contribution in [0.3, 0.4) is 0 Å². The molecule has 1 unspecified atom stereocenters. The minimum absolute atomic E-state index is 0.156. The van der Waals surface area contributed by atoms with E-state index >= 15 is 0 Å². The minimum atomic E-state index is -3.58. The maximum Gasteiger partial charge on any atom is 0.243 e. The SMILES string of the molecule is CN(CC(=O)N(Cc1ccccc1)C(Cc1ccccc1)C(=O)NCc1ccc(Cl)cc1)S(C)(=O)=O. The molecule has 3 rings (SSSR count). The number of likely N-dealkylation sites (N-methyl/N-ethyl adjacent to an activating group) is 1. The summed E-state index contributed by atoms with van der Waals surface area (Å²) < 4.78 is 25.0. The maximum atomic E-state index is 13.5. The van der Waals surface area contributed by atoms with E-state index in [1.54, 1.807) is 12.1 Å². The van der Waals surface area contributed by atoms with Gasteiger partial charge in [0, 0.05) is 31.6 Å². The Balaban J connectivity index is 1.92. The van der Waals surface area contributed by atoms with Crippen molar-refractivity contribution < 1.29 is 18.0 Å². The van der Waals surface area contributed by atoms with Gasteiger partial charge in [-0.3, -0.25) is 9.59 Å². The molecule has 7 nitrogen and oxygen atoms in total. The quantitative estimate of drug-likeness (QED) is 0.413. The van der Waals surface area contributed by atoms with Crippen molar-refractivity contribution in [2.75, 3.05) is 19.8 Å². The molecule has 0 heterocycles. The van der Waals surface area contributed by atoms with Crippen molar-refractivity contribution in [2.24, 2.45) is 0 Å². The Morgan fingerprint density at radius 1 is 0.861 bits per heavy atom. The summed E-state index contributed by atoms with van der Waals surface area (Å²) in [5.74, 6) is -0.797. The third-order valence-electron chi connectivity index (χ3n) is 5.77. The summed E-state index contributed by atoms with van der Waals surface area (Å²) >= 11 is 5.96. The van der Waals surface area contributed by atoms with E-state index in [1.165, 1.54) is 11.9 Å². The van der Waals surface area contributed by atoms with Crippen LogP contribution < -0.4 is 5.32 Å². The molecule has 1 atom stereocenters. The number of halogens is 1. The van der Waals surface area contributed by atoms with Crippen molar-refractivity contribution in [3.8, 4) is 0 Å². The van der Waals surface area contributed by atoms with Crippen LogP contribution in [0.25, 0.3) is 0 Å². The van der Waals surface area contributed by atoms with Crippen LogP contribution in [0.1, 0.15) is 16.7 Å². The highest BCUT2D eigenvalue weighted by atomic mass is 35.5. The second-order valence-electron chi connectivity index (χ2n) is 8.58. The highest BCUT2D eigenvalue weighted by molar-refractivity contribution is 7.88. The van der Waals surface area contributed by atoms with E-state index in [1.807, 2.05) is 72.8 Å². The van der Waals surface area contributed by atoms with Gasteiger partial charge < -0.3 is 10.2 Å². The molecule has 3 aromatic carbocycles. The zero-order chi connectivity index (χ0) is 26.1. The largest absolute Gasteiger partial charge is 0.350 e. The molecule has 0 saturated heterocycles. The number of carbonyl (C=O) groups is 2. The van der Waals surface area contributed by atoms with Gasteiger partial charge in [0.2, 0.25) is 21.8 Å². The first-order valence-corrected chi connectivity index (χ1v) is 13.7. The maximum absolute atomic E-state index is 13.5. The number of carbonyl (C=O) groups excluding carboxylic acids is 2. The van der Waals surface area contributed by atoms with E-state index in [0.717, 1.165) is 27.3 Å². The lowest BCUT2D eigenvalue weighted by Gasteiger charge is -2.32. The molecule has 0 aliphatic rings. The monoisotopic (exact) mass is 527 g/mol. The Bertz CT molecular complexity index is 1250. The van der Waals surface area contributed by atoms with Crippen LogP contribution in [0.15, 0.2) is 84.9 Å². The van der Waals surface area contributed by atoms with Crippen LogP contribution >= 0.6 is 11.6 Å². The molecule has 0 aliphatic carbocycles. The molecular weight excluding hydrogens is 498 g/mol. The molecule has 0 radical (unpaired) electrons. The predicted octanol–water partition coefficient (Wildman–Crippen LogP) is 3.49. The second-order valence-corrected chi connectivity index (χ2v) is 11.1. The molecule has 9 heteroatoms. The van der Waals surface area contributed by atoms with Gasteiger partial charge in [-0.1, -0.05) is 84.4 Å². The normalized spacial score (nSPS) is 12.2. The lowest BCUT2D eigenvalue weighted by atomic mass is 10.0. The van der Waals surface area contributed by atoms with Crippen LogP contribution in [0.2, 0.25) is 5.02 Å². The van der Waals surface area contributed by atoms with Crippen LogP contribution in [-0.4, -0.2) is 55.3 Å². The average Bonchev–Trinajstić information content (AvgIpc) is 2.86. The molecule has 0 saturated carbocycles. The van der Waals surface area contributed by atoms with Gasteiger partial charge in [0.05, 0.1) is 12.8 Å². The molecule has 36 heavy (non-hydrogen) atoms. The van der Waals surface area contributed by atoms with Gasteiger partial charge in [0.25, 0.3) is 0 Å². The number of hydrogen-bond donors (Lipinski definition) is 1. The summed E-state index contributed by atoms with van der Waals surface area (Å²) in [5, 5.41) is 3.53. The smallest absolute Gasteiger partial charge is 0.243 e. The number of sulfonamides is 1. The zero-order valence-corrected chi connectivity index (χ0v) is 21.9. The van der Waals surface area contributed by atoms with Gasteiger partial charge in [-0.15, -0.1) is 0 Å². The predicted molar refractivity (Wildman–Crippen MR) is 142 cm³/mol. The van der Waals surface area contributed by atoms with Crippen molar-refractivity contribution in [1.82, 2.24) is 14.5 Å². The van der Waals surface area contributed by atoms with E-state index in [9.17, 15) is 18.0 Å². The molecule has 0 aromatic heterocycles. The topological polar surface area (TPSA) is 86.8 Å². The molecule has 2 amide bonds. The summed E-state index contributed by atoms with van der Waals surface area (Å²) in [7, 11) is -2.24. The Morgan fingerprint density at radius 2 is 1.42 bits per heavy atom. The van der Waals surface area contributed by atoms with Gasteiger partial charge >= 0.3 is 0 Å². The van der Waals surface area contributed by atoms with Gasteiger partial charge in [0.15, 0.2) is 0 Å². The van der Waals surface area contributed by atoms with Crippen LogP contribution in [-0.2, 0) is 39.1 Å². The first-order valence-electron chi connectivity index (χ1n) is 11.4. The lowest BCUT2D eigenvalue weighted by Crippen LogP contribution is -2.52. The molecular formula is C27H30ClN3O4S. The average molecular weight is 528 g/mol.